The third-order valence-electron chi connectivity index (χ3n) is 5.78. The zero-order valence-electron chi connectivity index (χ0n) is 11.4. The maximum absolute atomic E-state index is 12.6. The second-order valence-electron chi connectivity index (χ2n) is 6.80. The first kappa shape index (κ1) is 13.1. The van der Waals surface area contributed by atoms with Gasteiger partial charge in [0.15, 0.2) is 0 Å². The van der Waals surface area contributed by atoms with Gasteiger partial charge in [-0.2, -0.15) is 0 Å². The molecule has 5 heteroatoms. The van der Waals surface area contributed by atoms with E-state index < -0.39 is 0 Å². The Balaban J connectivity index is 1.50. The Bertz CT molecular complexity index is 448. The van der Waals surface area contributed by atoms with Crippen LogP contribution in [0.2, 0.25) is 0 Å². The lowest BCUT2D eigenvalue weighted by atomic mass is 9.79. The van der Waals surface area contributed by atoms with Crippen molar-refractivity contribution in [3.8, 4) is 0 Å². The lowest BCUT2D eigenvalue weighted by molar-refractivity contribution is -0.146. The molecule has 4 fully saturated rings. The zero-order chi connectivity index (χ0) is 13.9. The average molecular weight is 342 g/mol. The van der Waals surface area contributed by atoms with Gasteiger partial charge >= 0.3 is 5.97 Å². The third-order valence-corrected chi connectivity index (χ3v) is 6.98. The number of carbonyl (C=O) groups is 2. The van der Waals surface area contributed by atoms with Gasteiger partial charge in [-0.1, -0.05) is 35.2 Å². The fourth-order valence-corrected chi connectivity index (χ4v) is 5.92. The molecule has 20 heavy (non-hydrogen) atoms. The summed E-state index contributed by atoms with van der Waals surface area (Å²) in [5, 5.41) is 3.20. The summed E-state index contributed by atoms with van der Waals surface area (Å²) in [4.78, 5) is 24.8. The minimum atomic E-state index is -0.178. The molecule has 3 saturated carbocycles. The number of amides is 1. The van der Waals surface area contributed by atoms with Crippen LogP contribution in [0.1, 0.15) is 38.5 Å². The molecule has 4 rings (SSSR count). The second kappa shape index (κ2) is 4.72. The monoisotopic (exact) mass is 341 g/mol. The normalized spacial score (nSPS) is 46.5. The molecular formula is C15H20BrNO3. The molecule has 110 valence electrons. The van der Waals surface area contributed by atoms with E-state index in [-0.39, 0.29) is 46.5 Å². The van der Waals surface area contributed by atoms with Gasteiger partial charge in [0.05, 0.1) is 16.7 Å². The van der Waals surface area contributed by atoms with Crippen LogP contribution in [0.3, 0.4) is 0 Å². The third kappa shape index (κ3) is 1.78. The number of hydrogen-bond acceptors (Lipinski definition) is 3. The number of carbonyl (C=O) groups excluding carboxylic acids is 2. The minimum absolute atomic E-state index is 0.0104. The van der Waals surface area contributed by atoms with Crippen molar-refractivity contribution in [2.75, 3.05) is 0 Å². The Kier molecular flexibility index (Phi) is 3.09. The van der Waals surface area contributed by atoms with Crippen molar-refractivity contribution in [1.29, 1.82) is 0 Å². The molecule has 0 aromatic heterocycles. The molecule has 4 nitrogen and oxygen atoms in total. The van der Waals surface area contributed by atoms with Crippen molar-refractivity contribution in [2.45, 2.75) is 55.5 Å². The van der Waals surface area contributed by atoms with Crippen LogP contribution in [0.25, 0.3) is 0 Å². The lowest BCUT2D eigenvalue weighted by Crippen LogP contribution is -2.46. The Hall–Kier alpha value is -0.580. The first-order chi connectivity index (χ1) is 9.66. The van der Waals surface area contributed by atoms with Gasteiger partial charge in [-0.15, -0.1) is 0 Å². The Morgan fingerprint density at radius 3 is 2.70 bits per heavy atom. The van der Waals surface area contributed by atoms with E-state index in [0.717, 1.165) is 19.3 Å². The molecule has 0 unspecified atom stereocenters. The topological polar surface area (TPSA) is 55.4 Å². The summed E-state index contributed by atoms with van der Waals surface area (Å²) in [7, 11) is 0. The summed E-state index contributed by atoms with van der Waals surface area (Å²) in [5.74, 6) is 0.133. The van der Waals surface area contributed by atoms with Crippen molar-refractivity contribution in [3.63, 3.8) is 0 Å². The highest BCUT2D eigenvalue weighted by atomic mass is 79.9. The van der Waals surface area contributed by atoms with E-state index in [4.69, 9.17) is 4.74 Å². The van der Waals surface area contributed by atoms with Gasteiger partial charge in [0.25, 0.3) is 0 Å². The van der Waals surface area contributed by atoms with E-state index in [0.29, 0.717) is 6.04 Å². The van der Waals surface area contributed by atoms with Gasteiger partial charge in [0, 0.05) is 12.0 Å². The van der Waals surface area contributed by atoms with Gasteiger partial charge < -0.3 is 10.1 Å². The standard InChI is InChI=1S/C15H20BrNO3/c16-12-8-6-9-11(15(19)20-13(9)12)10(8)14(18)17-7-4-2-1-3-5-7/h7-13H,1-6H2,(H,17,18)/t8-,9+,10-,11-,12+,13-/m0/s1. The molecule has 1 heterocycles. The number of fused-ring (bicyclic) bond motifs is 1. The number of alkyl halides is 1. The smallest absolute Gasteiger partial charge is 0.310 e. The predicted octanol–water partition coefficient (Wildman–Crippen LogP) is 2.01. The van der Waals surface area contributed by atoms with E-state index >= 15 is 0 Å². The van der Waals surface area contributed by atoms with Crippen LogP contribution in [-0.2, 0) is 14.3 Å². The fraction of sp³-hybridized carbons (Fsp3) is 0.867. The van der Waals surface area contributed by atoms with Gasteiger partial charge in [-0.05, 0) is 25.2 Å². The quantitative estimate of drug-likeness (QED) is 0.617. The maximum atomic E-state index is 12.6. The molecule has 6 atom stereocenters. The van der Waals surface area contributed by atoms with Crippen LogP contribution < -0.4 is 5.32 Å². The SMILES string of the molecule is O=C(NC1CCCCC1)[C@H]1[C@@H]2C[C@H]3[C@H](OC(=O)[C@@H]31)[C@@H]2Br. The number of hydrogen-bond donors (Lipinski definition) is 1. The van der Waals surface area contributed by atoms with Crippen molar-refractivity contribution in [2.24, 2.45) is 23.7 Å². The summed E-state index contributed by atoms with van der Waals surface area (Å²) < 4.78 is 5.46. The largest absolute Gasteiger partial charge is 0.461 e. The minimum Gasteiger partial charge on any atom is -0.461 e. The van der Waals surface area contributed by atoms with Crippen LogP contribution in [0.15, 0.2) is 0 Å². The Morgan fingerprint density at radius 1 is 1.20 bits per heavy atom. The van der Waals surface area contributed by atoms with Gasteiger partial charge in [0.2, 0.25) is 5.91 Å². The summed E-state index contributed by atoms with van der Waals surface area (Å²) >= 11 is 3.65. The Morgan fingerprint density at radius 2 is 1.95 bits per heavy atom. The first-order valence-corrected chi connectivity index (χ1v) is 8.73. The van der Waals surface area contributed by atoms with E-state index in [1.165, 1.54) is 19.3 Å². The average Bonchev–Trinajstić information content (AvgIpc) is 3.04. The molecule has 1 amide bonds. The predicted molar refractivity (Wildman–Crippen MR) is 76.2 cm³/mol. The highest BCUT2D eigenvalue weighted by Crippen LogP contribution is 2.59. The highest BCUT2D eigenvalue weighted by molar-refractivity contribution is 9.09. The number of halogens is 1. The molecule has 1 aliphatic heterocycles. The molecule has 1 N–H and O–H groups in total. The molecule has 1 saturated heterocycles. The fourth-order valence-electron chi connectivity index (χ4n) is 4.87. The summed E-state index contributed by atoms with van der Waals surface area (Å²) in [6, 6.07) is 0.317. The van der Waals surface area contributed by atoms with E-state index in [1.54, 1.807) is 0 Å². The molecule has 0 radical (unpaired) electrons. The van der Waals surface area contributed by atoms with Crippen molar-refractivity contribution < 1.29 is 14.3 Å². The van der Waals surface area contributed by atoms with Crippen molar-refractivity contribution in [1.82, 2.24) is 5.32 Å². The first-order valence-electron chi connectivity index (χ1n) is 7.82. The van der Waals surface area contributed by atoms with E-state index in [1.807, 2.05) is 0 Å². The van der Waals surface area contributed by atoms with Crippen LogP contribution in [0, 0.1) is 23.7 Å². The summed E-state index contributed by atoms with van der Waals surface area (Å²) in [6.45, 7) is 0. The number of nitrogens with one attached hydrogen (secondary N) is 1. The van der Waals surface area contributed by atoms with E-state index in [2.05, 4.69) is 21.2 Å². The van der Waals surface area contributed by atoms with Crippen LogP contribution >= 0.6 is 15.9 Å². The maximum Gasteiger partial charge on any atom is 0.310 e. The zero-order valence-corrected chi connectivity index (χ0v) is 13.0. The molecule has 2 bridgehead atoms. The molecule has 0 aromatic rings. The van der Waals surface area contributed by atoms with Gasteiger partial charge in [-0.3, -0.25) is 9.59 Å². The summed E-state index contributed by atoms with van der Waals surface area (Å²) in [6.07, 6.45) is 6.83. The van der Waals surface area contributed by atoms with Gasteiger partial charge in [0.1, 0.15) is 6.10 Å². The molecule has 0 spiro atoms. The van der Waals surface area contributed by atoms with Crippen LogP contribution in [0.4, 0.5) is 0 Å². The summed E-state index contributed by atoms with van der Waals surface area (Å²) in [5.41, 5.74) is 0. The Labute approximate surface area is 127 Å². The molecular weight excluding hydrogens is 322 g/mol. The number of rotatable bonds is 2. The molecule has 0 aromatic carbocycles. The van der Waals surface area contributed by atoms with Crippen LogP contribution in [-0.4, -0.2) is 28.8 Å². The molecule has 4 aliphatic rings. The van der Waals surface area contributed by atoms with E-state index in [9.17, 15) is 9.59 Å². The molecule has 3 aliphatic carbocycles. The van der Waals surface area contributed by atoms with Gasteiger partial charge in [-0.25, -0.2) is 0 Å². The van der Waals surface area contributed by atoms with Crippen molar-refractivity contribution in [3.05, 3.63) is 0 Å². The van der Waals surface area contributed by atoms with Crippen LogP contribution in [0.5, 0.6) is 0 Å². The van der Waals surface area contributed by atoms with Crippen molar-refractivity contribution >= 4 is 27.8 Å². The second-order valence-corrected chi connectivity index (χ2v) is 7.86. The number of esters is 1. The number of ether oxygens (including phenoxy) is 1. The lowest BCUT2D eigenvalue weighted by Gasteiger charge is -2.30. The highest BCUT2D eigenvalue weighted by Gasteiger charge is 2.67.